The molecule has 0 aromatic rings. The van der Waals surface area contributed by atoms with Crippen LogP contribution in [0.2, 0.25) is 0 Å². The van der Waals surface area contributed by atoms with E-state index in [9.17, 15) is 21.6 Å². The molecule has 0 atom stereocenters. The molecule has 0 aliphatic heterocycles. The van der Waals surface area contributed by atoms with Crippen molar-refractivity contribution in [3.63, 3.8) is 0 Å². The Morgan fingerprint density at radius 3 is 2.13 bits per heavy atom. The van der Waals surface area contributed by atoms with Gasteiger partial charge in [-0.15, -0.1) is 6.54 Å². The summed E-state index contributed by atoms with van der Waals surface area (Å²) in [4.78, 5) is 0. The first-order valence-electron chi connectivity index (χ1n) is 4.83. The molecule has 1 saturated carbocycles. The first-order valence-corrected chi connectivity index (χ1v) is 6.27. The SMILES string of the molecule is O=S(=O)([N-]CC1CCCCC1)C(F)(F)F. The Labute approximate surface area is 87.1 Å². The fourth-order valence-electron chi connectivity index (χ4n) is 1.65. The molecule has 0 bridgehead atoms. The zero-order valence-corrected chi connectivity index (χ0v) is 8.94. The van der Waals surface area contributed by atoms with Crippen molar-refractivity contribution in [1.29, 1.82) is 0 Å². The maximum atomic E-state index is 11.9. The highest BCUT2D eigenvalue weighted by atomic mass is 32.2. The zero-order valence-electron chi connectivity index (χ0n) is 8.13. The normalized spacial score (nSPS) is 20.5. The molecule has 1 aliphatic rings. The van der Waals surface area contributed by atoms with E-state index in [-0.39, 0.29) is 12.5 Å². The van der Waals surface area contributed by atoms with Gasteiger partial charge in [0.1, 0.15) is 0 Å². The quantitative estimate of drug-likeness (QED) is 0.766. The fraction of sp³-hybridized carbons (Fsp3) is 1.00. The summed E-state index contributed by atoms with van der Waals surface area (Å²) < 4.78 is 59.7. The third-order valence-corrected chi connectivity index (χ3v) is 3.59. The largest absolute Gasteiger partial charge is 0.541 e. The molecule has 0 radical (unpaired) electrons. The fourth-order valence-corrected chi connectivity index (χ4v) is 2.20. The average molecular weight is 244 g/mol. The van der Waals surface area contributed by atoms with Gasteiger partial charge in [0.2, 0.25) is 0 Å². The first-order chi connectivity index (χ1) is 6.83. The van der Waals surface area contributed by atoms with Crippen LogP contribution in [-0.4, -0.2) is 20.5 Å². The van der Waals surface area contributed by atoms with E-state index in [1.807, 2.05) is 0 Å². The van der Waals surface area contributed by atoms with Crippen molar-refractivity contribution in [1.82, 2.24) is 0 Å². The van der Waals surface area contributed by atoms with Crippen molar-refractivity contribution in [2.45, 2.75) is 37.6 Å². The lowest BCUT2D eigenvalue weighted by atomic mass is 9.90. The second-order valence-electron chi connectivity index (χ2n) is 3.74. The lowest BCUT2D eigenvalue weighted by Crippen LogP contribution is -2.24. The highest BCUT2D eigenvalue weighted by Crippen LogP contribution is 2.31. The minimum atomic E-state index is -5.27. The molecule has 0 N–H and O–H groups in total. The van der Waals surface area contributed by atoms with Crippen LogP contribution in [0.1, 0.15) is 32.1 Å². The van der Waals surface area contributed by atoms with Crippen molar-refractivity contribution in [3.8, 4) is 0 Å². The molecule has 0 aromatic carbocycles. The first kappa shape index (κ1) is 12.8. The highest BCUT2D eigenvalue weighted by molar-refractivity contribution is 7.94. The van der Waals surface area contributed by atoms with E-state index in [1.165, 1.54) is 0 Å². The minimum Gasteiger partial charge on any atom is -0.541 e. The molecule has 15 heavy (non-hydrogen) atoms. The standard InChI is InChI=1S/C8H13F3NO2S/c9-8(10,11)15(13,14)12-6-7-4-2-1-3-5-7/h7H,1-6H2/q-1. The van der Waals surface area contributed by atoms with Crippen LogP contribution in [0.4, 0.5) is 13.2 Å². The van der Waals surface area contributed by atoms with Crippen LogP contribution >= 0.6 is 0 Å². The van der Waals surface area contributed by atoms with E-state index < -0.39 is 15.5 Å². The summed E-state index contributed by atoms with van der Waals surface area (Å²) in [5.74, 6) is -0.00382. The molecule has 0 amide bonds. The maximum absolute atomic E-state index is 11.9. The Balaban J connectivity index is 2.42. The van der Waals surface area contributed by atoms with Crippen LogP contribution in [0.15, 0.2) is 0 Å². The smallest absolute Gasteiger partial charge is 0.480 e. The highest BCUT2D eigenvalue weighted by Gasteiger charge is 2.38. The summed E-state index contributed by atoms with van der Waals surface area (Å²) in [5, 5.41) is 0. The number of alkyl halides is 3. The van der Waals surface area contributed by atoms with E-state index >= 15 is 0 Å². The van der Waals surface area contributed by atoms with Gasteiger partial charge in [-0.05, 0) is 0 Å². The average Bonchev–Trinajstić information content (AvgIpc) is 2.15. The number of halogens is 3. The molecule has 1 fully saturated rings. The third kappa shape index (κ3) is 3.64. The monoisotopic (exact) mass is 244 g/mol. The lowest BCUT2D eigenvalue weighted by Gasteiger charge is -2.29. The van der Waals surface area contributed by atoms with Gasteiger partial charge >= 0.3 is 5.51 Å². The van der Waals surface area contributed by atoms with E-state index in [4.69, 9.17) is 0 Å². The van der Waals surface area contributed by atoms with E-state index in [2.05, 4.69) is 4.72 Å². The van der Waals surface area contributed by atoms with Crippen molar-refractivity contribution >= 4 is 10.0 Å². The Kier molecular flexibility index (Phi) is 3.99. The number of hydrogen-bond donors (Lipinski definition) is 0. The lowest BCUT2D eigenvalue weighted by molar-refractivity contribution is -0.0427. The Hall–Kier alpha value is -0.300. The number of rotatable bonds is 3. The predicted octanol–water partition coefficient (Wildman–Crippen LogP) is 2.79. The molecule has 90 valence electrons. The molecule has 3 nitrogen and oxygen atoms in total. The van der Waals surface area contributed by atoms with Gasteiger partial charge < -0.3 is 4.72 Å². The summed E-state index contributed by atoms with van der Waals surface area (Å²) in [6.45, 7) is -0.220. The molecular formula is C8H13F3NO2S-. The number of hydrogen-bond acceptors (Lipinski definition) is 2. The maximum Gasteiger partial charge on any atom is 0.480 e. The Bertz CT molecular complexity index is 293. The molecule has 0 unspecified atom stereocenters. The Morgan fingerprint density at radius 1 is 1.13 bits per heavy atom. The van der Waals surface area contributed by atoms with Crippen LogP contribution in [0.5, 0.6) is 0 Å². The summed E-state index contributed by atoms with van der Waals surface area (Å²) >= 11 is 0. The van der Waals surface area contributed by atoms with Gasteiger partial charge in [0.15, 0.2) is 10.0 Å². The van der Waals surface area contributed by atoms with Crippen LogP contribution in [0.3, 0.4) is 0 Å². The van der Waals surface area contributed by atoms with Crippen LogP contribution < -0.4 is 0 Å². The molecular weight excluding hydrogens is 231 g/mol. The van der Waals surface area contributed by atoms with Gasteiger partial charge in [-0.1, -0.05) is 38.0 Å². The second kappa shape index (κ2) is 4.69. The van der Waals surface area contributed by atoms with Crippen LogP contribution in [-0.2, 0) is 10.0 Å². The van der Waals surface area contributed by atoms with E-state index in [1.54, 1.807) is 0 Å². The predicted molar refractivity (Wildman–Crippen MR) is 49.8 cm³/mol. The van der Waals surface area contributed by atoms with Gasteiger partial charge in [-0.3, -0.25) is 0 Å². The van der Waals surface area contributed by atoms with Gasteiger partial charge in [0, 0.05) is 0 Å². The minimum absolute atomic E-state index is 0.00382. The van der Waals surface area contributed by atoms with Gasteiger partial charge in [0.25, 0.3) is 0 Å². The van der Waals surface area contributed by atoms with E-state index in [0.29, 0.717) is 0 Å². The van der Waals surface area contributed by atoms with Crippen LogP contribution in [0.25, 0.3) is 4.72 Å². The second-order valence-corrected chi connectivity index (χ2v) is 5.41. The number of sulfonamides is 1. The van der Waals surface area contributed by atoms with Gasteiger partial charge in [0.05, 0.1) is 0 Å². The molecule has 0 saturated heterocycles. The molecule has 7 heteroatoms. The number of nitrogens with zero attached hydrogens (tertiary/aromatic N) is 1. The molecule has 1 aliphatic carbocycles. The van der Waals surface area contributed by atoms with Crippen molar-refractivity contribution < 1.29 is 21.6 Å². The van der Waals surface area contributed by atoms with Gasteiger partial charge in [-0.25, -0.2) is 8.42 Å². The third-order valence-electron chi connectivity index (χ3n) is 2.52. The van der Waals surface area contributed by atoms with Gasteiger partial charge in [-0.2, -0.15) is 13.2 Å². The molecule has 0 heterocycles. The summed E-state index contributed by atoms with van der Waals surface area (Å²) in [6, 6.07) is 0. The Morgan fingerprint density at radius 2 is 1.67 bits per heavy atom. The zero-order chi connectivity index (χ0) is 11.5. The van der Waals surface area contributed by atoms with Crippen molar-refractivity contribution in [3.05, 3.63) is 4.72 Å². The topological polar surface area (TPSA) is 48.2 Å². The molecule has 0 aromatic heterocycles. The summed E-state index contributed by atoms with van der Waals surface area (Å²) in [7, 11) is -5.27. The van der Waals surface area contributed by atoms with Crippen LogP contribution in [0, 0.1) is 5.92 Å². The van der Waals surface area contributed by atoms with E-state index in [0.717, 1.165) is 32.1 Å². The summed E-state index contributed by atoms with van der Waals surface area (Å²) in [6.07, 6.45) is 4.52. The molecule has 0 spiro atoms. The van der Waals surface area contributed by atoms with Crippen molar-refractivity contribution in [2.75, 3.05) is 6.54 Å². The molecule has 1 rings (SSSR count). The van der Waals surface area contributed by atoms with Crippen molar-refractivity contribution in [2.24, 2.45) is 5.92 Å². The summed E-state index contributed by atoms with van der Waals surface area (Å²) in [5.41, 5.74) is -5.25.